The lowest BCUT2D eigenvalue weighted by molar-refractivity contribution is -0.0441. The summed E-state index contributed by atoms with van der Waals surface area (Å²) in [6.07, 6.45) is -0.184. The molecule has 2 aromatic carbocycles. The van der Waals surface area contributed by atoms with E-state index in [2.05, 4.69) is 71.1 Å². The summed E-state index contributed by atoms with van der Waals surface area (Å²) < 4.78 is 12.2. The van der Waals surface area contributed by atoms with Gasteiger partial charge in [-0.3, -0.25) is 0 Å². The van der Waals surface area contributed by atoms with Gasteiger partial charge < -0.3 is 9.47 Å². The zero-order valence-corrected chi connectivity index (χ0v) is 12.0. The average Bonchev–Trinajstić information content (AvgIpc) is 2.94. The molecule has 1 aliphatic heterocycles. The lowest BCUT2D eigenvalue weighted by atomic mass is 10.0. The van der Waals surface area contributed by atoms with Crippen LogP contribution < -0.4 is 0 Å². The van der Waals surface area contributed by atoms with Gasteiger partial charge in [0.1, 0.15) is 0 Å². The predicted octanol–water partition coefficient (Wildman–Crippen LogP) is 4.00. The zero-order valence-electron chi connectivity index (χ0n) is 9.80. The molecule has 1 fully saturated rings. The summed E-state index contributed by atoms with van der Waals surface area (Å²) in [4.78, 5) is 0. The van der Waals surface area contributed by atoms with Gasteiger partial charge in [0.25, 0.3) is 0 Å². The van der Waals surface area contributed by atoms with Crippen LogP contribution in [0, 0.1) is 3.57 Å². The zero-order chi connectivity index (χ0) is 12.4. The normalized spacial score (nSPS) is 16.1. The Balaban J connectivity index is 1.84. The SMILES string of the molecule is Ic1ccc(-c2ccc(C3OCCO3)cc2)cc1. The molecule has 18 heavy (non-hydrogen) atoms. The molecule has 0 atom stereocenters. The first kappa shape index (κ1) is 12.1. The van der Waals surface area contributed by atoms with Gasteiger partial charge in [-0.15, -0.1) is 0 Å². The molecule has 0 bridgehead atoms. The number of hydrogen-bond acceptors (Lipinski definition) is 2. The van der Waals surface area contributed by atoms with Crippen LogP contribution in [0.25, 0.3) is 11.1 Å². The highest BCUT2D eigenvalue weighted by atomic mass is 127. The molecule has 0 aromatic heterocycles. The summed E-state index contributed by atoms with van der Waals surface area (Å²) in [5.74, 6) is 0. The van der Waals surface area contributed by atoms with Gasteiger partial charge in [0.15, 0.2) is 6.29 Å². The third-order valence-corrected chi connectivity index (χ3v) is 3.70. The van der Waals surface area contributed by atoms with Gasteiger partial charge in [-0.2, -0.15) is 0 Å². The van der Waals surface area contributed by atoms with Crippen molar-refractivity contribution >= 4 is 22.6 Å². The van der Waals surface area contributed by atoms with Gasteiger partial charge in [-0.1, -0.05) is 36.4 Å². The molecule has 2 aromatic rings. The number of rotatable bonds is 2. The van der Waals surface area contributed by atoms with E-state index in [9.17, 15) is 0 Å². The van der Waals surface area contributed by atoms with Crippen LogP contribution in [0.1, 0.15) is 11.9 Å². The predicted molar refractivity (Wildman–Crippen MR) is 79.2 cm³/mol. The van der Waals surface area contributed by atoms with E-state index in [4.69, 9.17) is 9.47 Å². The third kappa shape index (κ3) is 2.58. The molecule has 2 nitrogen and oxygen atoms in total. The maximum atomic E-state index is 5.48. The Labute approximate surface area is 120 Å². The highest BCUT2D eigenvalue weighted by Gasteiger charge is 2.17. The van der Waals surface area contributed by atoms with Crippen LogP contribution >= 0.6 is 22.6 Å². The molecule has 0 radical (unpaired) electrons. The summed E-state index contributed by atoms with van der Waals surface area (Å²) in [6.45, 7) is 1.37. The summed E-state index contributed by atoms with van der Waals surface area (Å²) in [5.41, 5.74) is 3.53. The third-order valence-electron chi connectivity index (χ3n) is 2.98. The van der Waals surface area contributed by atoms with Crippen LogP contribution in [0.3, 0.4) is 0 Å². The fourth-order valence-corrected chi connectivity index (χ4v) is 2.39. The van der Waals surface area contributed by atoms with E-state index >= 15 is 0 Å². The molecular weight excluding hydrogens is 339 g/mol. The van der Waals surface area contributed by atoms with Gasteiger partial charge in [0.05, 0.1) is 13.2 Å². The molecule has 1 saturated heterocycles. The van der Waals surface area contributed by atoms with E-state index < -0.39 is 0 Å². The molecule has 0 amide bonds. The lowest BCUT2D eigenvalue weighted by Crippen LogP contribution is -1.97. The minimum Gasteiger partial charge on any atom is -0.346 e. The first-order valence-electron chi connectivity index (χ1n) is 5.92. The van der Waals surface area contributed by atoms with Crippen molar-refractivity contribution in [3.63, 3.8) is 0 Å². The highest BCUT2D eigenvalue weighted by molar-refractivity contribution is 14.1. The van der Waals surface area contributed by atoms with Gasteiger partial charge in [-0.05, 0) is 45.9 Å². The fourth-order valence-electron chi connectivity index (χ4n) is 2.03. The Morgan fingerprint density at radius 1 is 0.778 bits per heavy atom. The molecule has 3 rings (SSSR count). The Bertz CT molecular complexity index is 513. The summed E-state index contributed by atoms with van der Waals surface area (Å²) in [5, 5.41) is 0. The lowest BCUT2D eigenvalue weighted by Gasteiger charge is -2.10. The summed E-state index contributed by atoms with van der Waals surface area (Å²) >= 11 is 2.31. The summed E-state index contributed by atoms with van der Waals surface area (Å²) in [7, 11) is 0. The van der Waals surface area contributed by atoms with Crippen molar-refractivity contribution in [2.24, 2.45) is 0 Å². The van der Waals surface area contributed by atoms with Gasteiger partial charge >= 0.3 is 0 Å². The van der Waals surface area contributed by atoms with Crippen LogP contribution in [0.2, 0.25) is 0 Å². The molecule has 0 spiro atoms. The Morgan fingerprint density at radius 2 is 1.28 bits per heavy atom. The number of benzene rings is 2. The smallest absolute Gasteiger partial charge is 0.184 e. The Hall–Kier alpha value is -0.910. The quantitative estimate of drug-likeness (QED) is 0.761. The first-order valence-corrected chi connectivity index (χ1v) is 7.00. The van der Waals surface area contributed by atoms with Crippen LogP contribution in [0.5, 0.6) is 0 Å². The van der Waals surface area contributed by atoms with Crippen molar-refractivity contribution in [3.8, 4) is 11.1 Å². The van der Waals surface area contributed by atoms with E-state index in [1.54, 1.807) is 0 Å². The molecule has 0 unspecified atom stereocenters. The van der Waals surface area contributed by atoms with Crippen molar-refractivity contribution in [1.29, 1.82) is 0 Å². The minimum atomic E-state index is -0.184. The van der Waals surface area contributed by atoms with E-state index in [1.165, 1.54) is 14.7 Å². The second-order valence-electron chi connectivity index (χ2n) is 4.20. The maximum Gasteiger partial charge on any atom is 0.184 e. The van der Waals surface area contributed by atoms with Gasteiger partial charge in [0.2, 0.25) is 0 Å². The van der Waals surface area contributed by atoms with Crippen LogP contribution in [-0.4, -0.2) is 13.2 Å². The highest BCUT2D eigenvalue weighted by Crippen LogP contribution is 2.26. The Kier molecular flexibility index (Phi) is 3.63. The van der Waals surface area contributed by atoms with Crippen molar-refractivity contribution in [2.45, 2.75) is 6.29 Å². The molecule has 0 N–H and O–H groups in total. The molecule has 3 heteroatoms. The standard InChI is InChI=1S/C15H13IO2/c16-14-7-5-12(6-8-14)11-1-3-13(4-2-11)15-17-9-10-18-15/h1-8,15H,9-10H2. The largest absolute Gasteiger partial charge is 0.346 e. The summed E-state index contributed by atoms with van der Waals surface area (Å²) in [6, 6.07) is 16.9. The molecule has 92 valence electrons. The minimum absolute atomic E-state index is 0.184. The number of hydrogen-bond donors (Lipinski definition) is 0. The molecule has 1 aliphatic rings. The van der Waals surface area contributed by atoms with Gasteiger partial charge in [0, 0.05) is 9.13 Å². The monoisotopic (exact) mass is 352 g/mol. The average molecular weight is 352 g/mol. The van der Waals surface area contributed by atoms with Crippen LogP contribution in [-0.2, 0) is 9.47 Å². The Morgan fingerprint density at radius 3 is 1.83 bits per heavy atom. The maximum absolute atomic E-state index is 5.48. The van der Waals surface area contributed by atoms with E-state index in [1.807, 2.05) is 0 Å². The topological polar surface area (TPSA) is 18.5 Å². The fraction of sp³-hybridized carbons (Fsp3) is 0.200. The number of halogens is 1. The van der Waals surface area contributed by atoms with Gasteiger partial charge in [-0.25, -0.2) is 0 Å². The number of ether oxygens (including phenoxy) is 2. The van der Waals surface area contributed by atoms with Crippen molar-refractivity contribution in [1.82, 2.24) is 0 Å². The molecule has 0 aliphatic carbocycles. The first-order chi connectivity index (χ1) is 8.83. The van der Waals surface area contributed by atoms with Crippen LogP contribution in [0.4, 0.5) is 0 Å². The van der Waals surface area contributed by atoms with Crippen molar-refractivity contribution in [2.75, 3.05) is 13.2 Å². The van der Waals surface area contributed by atoms with E-state index in [0.29, 0.717) is 13.2 Å². The second kappa shape index (κ2) is 5.38. The molecular formula is C15H13IO2. The molecule has 0 saturated carbocycles. The van der Waals surface area contributed by atoms with Crippen molar-refractivity contribution in [3.05, 3.63) is 57.7 Å². The van der Waals surface area contributed by atoms with Crippen LogP contribution in [0.15, 0.2) is 48.5 Å². The molecule has 1 heterocycles. The second-order valence-corrected chi connectivity index (χ2v) is 5.45. The van der Waals surface area contributed by atoms with E-state index in [0.717, 1.165) is 5.56 Å². The van der Waals surface area contributed by atoms with Crippen molar-refractivity contribution < 1.29 is 9.47 Å². The van der Waals surface area contributed by atoms with E-state index in [-0.39, 0.29) is 6.29 Å².